The van der Waals surface area contributed by atoms with Gasteiger partial charge in [0.25, 0.3) is 0 Å². The number of phenols is 1. The Morgan fingerprint density at radius 3 is 2.65 bits per heavy atom. The topological polar surface area (TPSA) is 41.8 Å². The number of rotatable bonds is 5. The zero-order chi connectivity index (χ0) is 12.8. The van der Waals surface area contributed by atoms with Crippen LogP contribution < -0.4 is 4.74 Å². The smallest absolute Gasteiger partial charge is 0.128 e. The summed E-state index contributed by atoms with van der Waals surface area (Å²) >= 11 is 0. The fraction of sp³-hybridized carbons (Fsp3) is 0.500. The van der Waals surface area contributed by atoms with Crippen molar-refractivity contribution < 1.29 is 9.84 Å². The lowest BCUT2D eigenvalue weighted by molar-refractivity contribution is 0.406. The second-order valence-electron chi connectivity index (χ2n) is 4.34. The van der Waals surface area contributed by atoms with Crippen LogP contribution in [0.15, 0.2) is 17.1 Å². The minimum atomic E-state index is 0.228. The van der Waals surface area contributed by atoms with Gasteiger partial charge in [-0.15, -0.1) is 0 Å². The number of aromatic hydroxyl groups is 1. The van der Waals surface area contributed by atoms with Crippen molar-refractivity contribution in [2.24, 2.45) is 4.99 Å². The molecule has 0 unspecified atom stereocenters. The minimum Gasteiger partial charge on any atom is -0.507 e. The molecule has 0 spiro atoms. The first kappa shape index (κ1) is 13.6. The van der Waals surface area contributed by atoms with Gasteiger partial charge in [0, 0.05) is 23.9 Å². The van der Waals surface area contributed by atoms with E-state index in [-0.39, 0.29) is 11.8 Å². The van der Waals surface area contributed by atoms with E-state index in [2.05, 4.69) is 11.9 Å². The van der Waals surface area contributed by atoms with Crippen molar-refractivity contribution in [1.82, 2.24) is 0 Å². The standard InChI is InChI=1S/C14H21NO2/c1-5-6-11-7-12(17-4)8-14(16)13(11)9-15-10(2)3/h7-10,16H,5-6H2,1-4H3. The monoisotopic (exact) mass is 235 g/mol. The Balaban J connectivity index is 3.16. The molecular weight excluding hydrogens is 214 g/mol. The van der Waals surface area contributed by atoms with Crippen LogP contribution >= 0.6 is 0 Å². The highest BCUT2D eigenvalue weighted by molar-refractivity contribution is 5.86. The maximum Gasteiger partial charge on any atom is 0.128 e. The van der Waals surface area contributed by atoms with Gasteiger partial charge < -0.3 is 9.84 Å². The highest BCUT2D eigenvalue weighted by atomic mass is 16.5. The highest BCUT2D eigenvalue weighted by Crippen LogP contribution is 2.27. The van der Waals surface area contributed by atoms with Crippen molar-refractivity contribution in [2.45, 2.75) is 39.7 Å². The van der Waals surface area contributed by atoms with Gasteiger partial charge in [-0.1, -0.05) is 13.3 Å². The Morgan fingerprint density at radius 1 is 1.41 bits per heavy atom. The molecule has 0 aliphatic heterocycles. The van der Waals surface area contributed by atoms with Gasteiger partial charge in [-0.05, 0) is 31.9 Å². The van der Waals surface area contributed by atoms with E-state index in [0.717, 1.165) is 24.0 Å². The molecule has 0 fully saturated rings. The zero-order valence-electron chi connectivity index (χ0n) is 11.0. The molecular formula is C14H21NO2. The molecule has 1 aromatic carbocycles. The number of nitrogens with zero attached hydrogens (tertiary/aromatic N) is 1. The van der Waals surface area contributed by atoms with Crippen LogP contribution in [0.2, 0.25) is 0 Å². The highest BCUT2D eigenvalue weighted by Gasteiger charge is 2.08. The molecule has 1 rings (SSSR count). The van der Waals surface area contributed by atoms with Crippen molar-refractivity contribution >= 4 is 6.21 Å². The van der Waals surface area contributed by atoms with E-state index in [1.807, 2.05) is 19.9 Å². The molecule has 0 saturated heterocycles. The Labute approximate surface area is 103 Å². The Bertz CT molecular complexity index is 397. The van der Waals surface area contributed by atoms with Crippen LogP contribution in [0.4, 0.5) is 0 Å². The molecule has 0 radical (unpaired) electrons. The number of hydrogen-bond acceptors (Lipinski definition) is 3. The summed E-state index contributed by atoms with van der Waals surface area (Å²) in [6, 6.07) is 3.82. The Morgan fingerprint density at radius 2 is 2.12 bits per heavy atom. The lowest BCUT2D eigenvalue weighted by Gasteiger charge is -2.10. The first-order valence-electron chi connectivity index (χ1n) is 6.01. The third-order valence-electron chi connectivity index (χ3n) is 2.47. The molecule has 94 valence electrons. The van der Waals surface area contributed by atoms with Crippen LogP contribution in [0.25, 0.3) is 0 Å². The van der Waals surface area contributed by atoms with Crippen molar-refractivity contribution in [3.8, 4) is 11.5 Å². The lowest BCUT2D eigenvalue weighted by atomic mass is 10.0. The fourth-order valence-corrected chi connectivity index (χ4v) is 1.63. The van der Waals surface area contributed by atoms with Crippen molar-refractivity contribution in [3.63, 3.8) is 0 Å². The fourth-order valence-electron chi connectivity index (χ4n) is 1.63. The first-order chi connectivity index (χ1) is 8.08. The maximum atomic E-state index is 9.97. The Kier molecular flexibility index (Phi) is 5.01. The predicted molar refractivity (Wildman–Crippen MR) is 71.4 cm³/mol. The summed E-state index contributed by atoms with van der Waals surface area (Å²) in [5.41, 5.74) is 1.88. The second kappa shape index (κ2) is 6.28. The van der Waals surface area contributed by atoms with Crippen molar-refractivity contribution in [2.75, 3.05) is 7.11 Å². The number of methoxy groups -OCH3 is 1. The molecule has 3 nitrogen and oxygen atoms in total. The average Bonchev–Trinajstić information content (AvgIpc) is 2.27. The third kappa shape index (κ3) is 3.77. The Hall–Kier alpha value is -1.51. The lowest BCUT2D eigenvalue weighted by Crippen LogP contribution is -1.98. The van der Waals surface area contributed by atoms with E-state index < -0.39 is 0 Å². The van der Waals surface area contributed by atoms with E-state index in [1.165, 1.54) is 0 Å². The number of aryl methyl sites for hydroxylation is 1. The first-order valence-corrected chi connectivity index (χ1v) is 6.01. The molecule has 3 heteroatoms. The van der Waals surface area contributed by atoms with Gasteiger partial charge in [0.2, 0.25) is 0 Å². The number of hydrogen-bond donors (Lipinski definition) is 1. The summed E-state index contributed by atoms with van der Waals surface area (Å²) in [5.74, 6) is 0.921. The van der Waals surface area contributed by atoms with Gasteiger partial charge in [-0.25, -0.2) is 0 Å². The molecule has 17 heavy (non-hydrogen) atoms. The molecule has 0 heterocycles. The van der Waals surface area contributed by atoms with Gasteiger partial charge in [0.05, 0.1) is 7.11 Å². The molecule has 0 bridgehead atoms. The average molecular weight is 235 g/mol. The molecule has 0 aliphatic carbocycles. The summed E-state index contributed by atoms with van der Waals surface area (Å²) < 4.78 is 5.16. The summed E-state index contributed by atoms with van der Waals surface area (Å²) in [7, 11) is 1.60. The molecule has 0 aromatic heterocycles. The molecule has 0 aliphatic rings. The van der Waals surface area contributed by atoms with Crippen molar-refractivity contribution in [1.29, 1.82) is 0 Å². The molecule has 0 atom stereocenters. The largest absolute Gasteiger partial charge is 0.507 e. The zero-order valence-corrected chi connectivity index (χ0v) is 11.0. The third-order valence-corrected chi connectivity index (χ3v) is 2.47. The van der Waals surface area contributed by atoms with Gasteiger partial charge in [-0.3, -0.25) is 4.99 Å². The summed E-state index contributed by atoms with van der Waals surface area (Å²) in [6.07, 6.45) is 3.68. The van der Waals surface area contributed by atoms with Gasteiger partial charge in [-0.2, -0.15) is 0 Å². The number of benzene rings is 1. The predicted octanol–water partition coefficient (Wildman–Crippen LogP) is 3.18. The van der Waals surface area contributed by atoms with Crippen LogP contribution in [0.1, 0.15) is 38.3 Å². The molecule has 1 N–H and O–H groups in total. The summed E-state index contributed by atoms with van der Waals surface area (Å²) in [5, 5.41) is 9.97. The SMILES string of the molecule is CCCc1cc(OC)cc(O)c1C=NC(C)C. The van der Waals surface area contributed by atoms with E-state index in [1.54, 1.807) is 19.4 Å². The number of ether oxygens (including phenoxy) is 1. The van der Waals surface area contributed by atoms with Crippen LogP contribution in [-0.2, 0) is 6.42 Å². The van der Waals surface area contributed by atoms with Crippen LogP contribution in [-0.4, -0.2) is 24.5 Å². The molecule has 1 aromatic rings. The van der Waals surface area contributed by atoms with E-state index in [4.69, 9.17) is 4.74 Å². The molecule has 0 amide bonds. The number of phenolic OH excluding ortho intramolecular Hbond substituents is 1. The van der Waals surface area contributed by atoms with Crippen LogP contribution in [0.5, 0.6) is 11.5 Å². The van der Waals surface area contributed by atoms with Gasteiger partial charge >= 0.3 is 0 Å². The summed E-state index contributed by atoms with van der Waals surface area (Å²) in [6.45, 7) is 6.13. The molecule has 0 saturated carbocycles. The minimum absolute atomic E-state index is 0.228. The van der Waals surface area contributed by atoms with E-state index >= 15 is 0 Å². The van der Waals surface area contributed by atoms with Crippen LogP contribution in [0.3, 0.4) is 0 Å². The summed E-state index contributed by atoms with van der Waals surface area (Å²) in [4.78, 5) is 4.33. The van der Waals surface area contributed by atoms with Gasteiger partial charge in [0.15, 0.2) is 0 Å². The number of aliphatic imine (C=N–C) groups is 1. The second-order valence-corrected chi connectivity index (χ2v) is 4.34. The van der Waals surface area contributed by atoms with Crippen molar-refractivity contribution in [3.05, 3.63) is 23.3 Å². The maximum absolute atomic E-state index is 9.97. The normalized spacial score (nSPS) is 11.4. The van der Waals surface area contributed by atoms with Crippen LogP contribution in [0, 0.1) is 0 Å². The van der Waals surface area contributed by atoms with Gasteiger partial charge in [0.1, 0.15) is 11.5 Å². The van der Waals surface area contributed by atoms with E-state index in [9.17, 15) is 5.11 Å². The van der Waals surface area contributed by atoms with E-state index in [0.29, 0.717) is 5.75 Å². The quantitative estimate of drug-likeness (QED) is 0.796.